The van der Waals surface area contributed by atoms with Crippen molar-refractivity contribution in [2.24, 2.45) is 4.99 Å². The summed E-state index contributed by atoms with van der Waals surface area (Å²) in [5.41, 5.74) is 1.21. The van der Waals surface area contributed by atoms with Gasteiger partial charge in [-0.1, -0.05) is 5.56 Å². The van der Waals surface area contributed by atoms with Crippen LogP contribution >= 0.6 is 0 Å². The first-order valence-corrected chi connectivity index (χ1v) is 5.14. The van der Waals surface area contributed by atoms with Crippen molar-refractivity contribution in [2.75, 3.05) is 13.1 Å². The van der Waals surface area contributed by atoms with Gasteiger partial charge in [-0.05, 0) is 0 Å². The number of hydrogen-bond acceptors (Lipinski definition) is 2. The molecule has 0 aliphatic carbocycles. The third kappa shape index (κ3) is 3.69. The molecule has 0 radical (unpaired) electrons. The smallest absolute Gasteiger partial charge is 0.378 e. The number of amidine groups is 1. The zero-order valence-electron chi connectivity index (χ0n) is 8.91. The number of nitrogens with one attached hydrogen (secondary N) is 1. The largest absolute Gasteiger partial charge is 2.00 e. The molecular weight excluding hydrogens is 240 g/mol. The molecule has 0 spiro atoms. The van der Waals surface area contributed by atoms with Crippen molar-refractivity contribution < 1.29 is 17.1 Å². The van der Waals surface area contributed by atoms with Crippen molar-refractivity contribution in [3.63, 3.8) is 0 Å². The van der Waals surface area contributed by atoms with Crippen LogP contribution in [0.25, 0.3) is 0 Å². The molecule has 2 aromatic rings. The minimum Gasteiger partial charge on any atom is -0.378 e. The normalized spacial score (nSPS) is 12.9. The predicted octanol–water partition coefficient (Wildman–Crippen LogP) is 2.16. The Morgan fingerprint density at radius 3 is 2.25 bits per heavy atom. The molecule has 1 N–H and O–H groups in total. The van der Waals surface area contributed by atoms with Crippen LogP contribution in [0.3, 0.4) is 0 Å². The third-order valence-electron chi connectivity index (χ3n) is 2.17. The Hall–Kier alpha value is -1.31. The fraction of sp³-hybridized carbons (Fsp3) is 0.154. The molecule has 2 aromatic carbocycles. The summed E-state index contributed by atoms with van der Waals surface area (Å²) in [7, 11) is 0. The van der Waals surface area contributed by atoms with E-state index in [4.69, 9.17) is 0 Å². The number of hydrogen-bond donors (Lipinski definition) is 1. The van der Waals surface area contributed by atoms with Crippen molar-refractivity contribution >= 4 is 5.84 Å². The molecule has 0 saturated carbocycles. The summed E-state index contributed by atoms with van der Waals surface area (Å²) in [4.78, 5) is 4.28. The molecule has 0 bridgehead atoms. The third-order valence-corrected chi connectivity index (χ3v) is 2.17. The van der Waals surface area contributed by atoms with E-state index in [9.17, 15) is 0 Å². The van der Waals surface area contributed by atoms with E-state index in [0.29, 0.717) is 0 Å². The van der Waals surface area contributed by atoms with Gasteiger partial charge in [0.1, 0.15) is 0 Å². The maximum atomic E-state index is 4.28. The molecule has 1 aliphatic rings. The Bertz CT molecular complexity index is 370. The quantitative estimate of drug-likeness (QED) is 0.612. The van der Waals surface area contributed by atoms with Crippen molar-refractivity contribution in [1.82, 2.24) is 5.32 Å². The molecule has 1 aliphatic heterocycles. The van der Waals surface area contributed by atoms with E-state index >= 15 is 0 Å². The second kappa shape index (κ2) is 7.04. The van der Waals surface area contributed by atoms with Crippen molar-refractivity contribution in [3.05, 3.63) is 60.2 Å². The van der Waals surface area contributed by atoms with Gasteiger partial charge in [0, 0.05) is 6.54 Å². The fourth-order valence-corrected chi connectivity index (χ4v) is 1.44. The average Bonchev–Trinajstić information content (AvgIpc) is 3.06. The SMILES string of the molecule is [Fe+2].c1cc[c-](C2=NCCN2)c1.c1cc[cH-]c1. The van der Waals surface area contributed by atoms with Gasteiger partial charge >= 0.3 is 17.1 Å². The molecule has 2 nitrogen and oxygen atoms in total. The van der Waals surface area contributed by atoms with Crippen molar-refractivity contribution in [1.29, 1.82) is 0 Å². The Labute approximate surface area is 107 Å². The van der Waals surface area contributed by atoms with Crippen LogP contribution in [0.15, 0.2) is 59.6 Å². The van der Waals surface area contributed by atoms with E-state index in [1.165, 1.54) is 5.56 Å². The van der Waals surface area contributed by atoms with Crippen molar-refractivity contribution in [2.45, 2.75) is 0 Å². The molecule has 3 heteroatoms. The van der Waals surface area contributed by atoms with Crippen LogP contribution in [0.4, 0.5) is 0 Å². The van der Waals surface area contributed by atoms with Gasteiger partial charge in [-0.25, -0.2) is 24.3 Å². The molecule has 0 atom stereocenters. The van der Waals surface area contributed by atoms with E-state index in [2.05, 4.69) is 22.4 Å². The summed E-state index contributed by atoms with van der Waals surface area (Å²) in [6.07, 6.45) is 0. The molecule has 0 unspecified atom stereocenters. The molecule has 0 fully saturated rings. The van der Waals surface area contributed by atoms with E-state index in [1.54, 1.807) is 0 Å². The molecule has 1 heterocycles. The second-order valence-electron chi connectivity index (χ2n) is 3.29. The fourth-order valence-electron chi connectivity index (χ4n) is 1.44. The van der Waals surface area contributed by atoms with Crippen LogP contribution in [-0.4, -0.2) is 18.9 Å². The van der Waals surface area contributed by atoms with Gasteiger partial charge in [-0.15, -0.1) is 0 Å². The molecule has 16 heavy (non-hydrogen) atoms. The molecule has 0 amide bonds. The van der Waals surface area contributed by atoms with Crippen LogP contribution < -0.4 is 5.32 Å². The summed E-state index contributed by atoms with van der Waals surface area (Å²) in [5.74, 6) is 1.05. The molecule has 84 valence electrons. The van der Waals surface area contributed by atoms with Gasteiger partial charge in [0.15, 0.2) is 0 Å². The number of aliphatic imine (C=N–C) groups is 1. The Morgan fingerprint density at radius 1 is 1.12 bits per heavy atom. The van der Waals surface area contributed by atoms with E-state index in [-0.39, 0.29) is 17.1 Å². The minimum absolute atomic E-state index is 0. The van der Waals surface area contributed by atoms with E-state index in [1.807, 2.05) is 42.5 Å². The van der Waals surface area contributed by atoms with Crippen LogP contribution in [0.5, 0.6) is 0 Å². The molecule has 0 saturated heterocycles. The standard InChI is InChI=1S/C8H9N2.C5H5.Fe/c1-2-4-7(3-1)8-9-5-6-10-8;1-2-4-5-3-1;/h1-4H,5-6H2,(H,9,10);1-5H;/q2*-1;+2. The van der Waals surface area contributed by atoms with Gasteiger partial charge in [0.2, 0.25) is 0 Å². The maximum absolute atomic E-state index is 4.28. The zero-order valence-corrected chi connectivity index (χ0v) is 10.0. The van der Waals surface area contributed by atoms with Gasteiger partial charge in [0.25, 0.3) is 0 Å². The summed E-state index contributed by atoms with van der Waals surface area (Å²) < 4.78 is 0. The second-order valence-corrected chi connectivity index (χ2v) is 3.29. The topological polar surface area (TPSA) is 24.4 Å². The average molecular weight is 254 g/mol. The van der Waals surface area contributed by atoms with Crippen molar-refractivity contribution in [3.8, 4) is 0 Å². The summed E-state index contributed by atoms with van der Waals surface area (Å²) >= 11 is 0. The number of nitrogens with zero attached hydrogens (tertiary/aromatic N) is 1. The van der Waals surface area contributed by atoms with Gasteiger partial charge < -0.3 is 5.32 Å². The first kappa shape index (κ1) is 12.8. The van der Waals surface area contributed by atoms with Crippen LogP contribution in [0.2, 0.25) is 0 Å². The van der Waals surface area contributed by atoms with Crippen LogP contribution in [-0.2, 0) is 17.1 Å². The molecule has 0 aromatic heterocycles. The minimum atomic E-state index is 0. The Kier molecular flexibility index (Phi) is 5.62. The zero-order chi connectivity index (χ0) is 10.3. The predicted molar refractivity (Wildman–Crippen MR) is 63.5 cm³/mol. The summed E-state index contributed by atoms with van der Waals surface area (Å²) in [5, 5.41) is 3.21. The van der Waals surface area contributed by atoms with Gasteiger partial charge in [-0.2, -0.15) is 30.3 Å². The Balaban J connectivity index is 0.000000183. The maximum Gasteiger partial charge on any atom is 2.00 e. The van der Waals surface area contributed by atoms with E-state index in [0.717, 1.165) is 18.9 Å². The first-order chi connectivity index (χ1) is 7.47. The Morgan fingerprint density at radius 2 is 1.81 bits per heavy atom. The van der Waals surface area contributed by atoms with Gasteiger partial charge in [-0.3, -0.25) is 4.99 Å². The monoisotopic (exact) mass is 254 g/mol. The van der Waals surface area contributed by atoms with Crippen LogP contribution in [0.1, 0.15) is 5.56 Å². The molecule has 3 rings (SSSR count). The van der Waals surface area contributed by atoms with Gasteiger partial charge in [0.05, 0.1) is 12.4 Å². The molecular formula is C13H14FeN2. The summed E-state index contributed by atoms with van der Waals surface area (Å²) in [6, 6.07) is 18.2. The summed E-state index contributed by atoms with van der Waals surface area (Å²) in [6.45, 7) is 1.90. The number of rotatable bonds is 1. The first-order valence-electron chi connectivity index (χ1n) is 5.14. The van der Waals surface area contributed by atoms with E-state index < -0.39 is 0 Å². The van der Waals surface area contributed by atoms with Crippen LogP contribution in [0, 0.1) is 0 Å².